The van der Waals surface area contributed by atoms with Gasteiger partial charge in [-0.05, 0) is 35.9 Å². The van der Waals surface area contributed by atoms with E-state index < -0.39 is 23.7 Å². The molecule has 3 N–H and O–H groups in total. The molecular weight excluding hydrogens is 351 g/mol. The predicted octanol–water partition coefficient (Wildman–Crippen LogP) is 2.41. The monoisotopic (exact) mass is 364 g/mol. The molecule has 2 aromatic rings. The van der Waals surface area contributed by atoms with Crippen molar-refractivity contribution < 1.29 is 14.0 Å². The van der Waals surface area contributed by atoms with Gasteiger partial charge in [0.05, 0.1) is 0 Å². The molecule has 0 spiro atoms. The normalized spacial score (nSPS) is 11.7. The van der Waals surface area contributed by atoms with Crippen molar-refractivity contribution in [2.24, 2.45) is 5.73 Å². The van der Waals surface area contributed by atoms with Crippen molar-refractivity contribution in [3.8, 4) is 0 Å². The van der Waals surface area contributed by atoms with Gasteiger partial charge in [-0.15, -0.1) is 0 Å². The maximum atomic E-state index is 13.2. The molecule has 22 heavy (non-hydrogen) atoms. The van der Waals surface area contributed by atoms with Crippen LogP contribution in [0.15, 0.2) is 53.0 Å². The quantitative estimate of drug-likeness (QED) is 0.854. The minimum Gasteiger partial charge on any atom is -0.368 e. The van der Waals surface area contributed by atoms with Gasteiger partial charge in [-0.1, -0.05) is 34.1 Å². The lowest BCUT2D eigenvalue weighted by molar-refractivity contribution is -0.119. The molecule has 0 aliphatic rings. The largest absolute Gasteiger partial charge is 0.368 e. The van der Waals surface area contributed by atoms with E-state index in [1.54, 1.807) is 36.4 Å². The van der Waals surface area contributed by atoms with E-state index in [1.165, 1.54) is 12.1 Å². The Morgan fingerprint density at radius 2 is 1.91 bits per heavy atom. The highest BCUT2D eigenvalue weighted by molar-refractivity contribution is 9.10. The van der Waals surface area contributed by atoms with E-state index in [1.807, 2.05) is 0 Å². The lowest BCUT2D eigenvalue weighted by Crippen LogP contribution is -2.45. The zero-order chi connectivity index (χ0) is 16.1. The van der Waals surface area contributed by atoms with Gasteiger partial charge < -0.3 is 11.1 Å². The highest BCUT2D eigenvalue weighted by Crippen LogP contribution is 2.12. The molecule has 0 unspecified atom stereocenters. The molecule has 0 saturated heterocycles. The van der Waals surface area contributed by atoms with Gasteiger partial charge in [-0.25, -0.2) is 4.39 Å². The Hall–Kier alpha value is -2.21. The van der Waals surface area contributed by atoms with E-state index in [0.717, 1.165) is 4.47 Å². The first-order valence-electron chi connectivity index (χ1n) is 6.56. The van der Waals surface area contributed by atoms with Crippen molar-refractivity contribution >= 4 is 27.7 Å². The second-order valence-corrected chi connectivity index (χ2v) is 5.69. The number of primary amides is 1. The molecule has 114 valence electrons. The Morgan fingerprint density at radius 3 is 2.55 bits per heavy atom. The Labute approximate surface area is 135 Å². The zero-order valence-corrected chi connectivity index (χ0v) is 13.1. The predicted molar refractivity (Wildman–Crippen MR) is 84.7 cm³/mol. The number of hydrogen-bond donors (Lipinski definition) is 2. The van der Waals surface area contributed by atoms with Gasteiger partial charge in [0.25, 0.3) is 5.91 Å². The van der Waals surface area contributed by atoms with E-state index in [0.29, 0.717) is 11.1 Å². The van der Waals surface area contributed by atoms with Crippen LogP contribution in [0.4, 0.5) is 4.39 Å². The summed E-state index contributed by atoms with van der Waals surface area (Å²) < 4.78 is 13.9. The van der Waals surface area contributed by atoms with Crippen molar-refractivity contribution in [1.29, 1.82) is 0 Å². The third-order valence-electron chi connectivity index (χ3n) is 3.06. The lowest BCUT2D eigenvalue weighted by atomic mass is 10.0. The molecule has 0 aliphatic heterocycles. The minimum atomic E-state index is -0.909. The first-order valence-corrected chi connectivity index (χ1v) is 7.35. The molecule has 0 heterocycles. The summed E-state index contributed by atoms with van der Waals surface area (Å²) in [6.07, 6.45) is 0.132. The number of nitrogens with one attached hydrogen (secondary N) is 1. The SMILES string of the molecule is NC(=O)[C@H](Cc1cccc(F)c1)NC(=O)c1cccc(Br)c1. The third kappa shape index (κ3) is 4.39. The van der Waals surface area contributed by atoms with Crippen LogP contribution in [0, 0.1) is 5.82 Å². The fourth-order valence-corrected chi connectivity index (χ4v) is 2.39. The number of amides is 2. The molecule has 0 bridgehead atoms. The maximum absolute atomic E-state index is 13.2. The first kappa shape index (κ1) is 16.2. The first-order chi connectivity index (χ1) is 10.5. The van der Waals surface area contributed by atoms with E-state index in [2.05, 4.69) is 21.2 Å². The number of halogens is 2. The summed E-state index contributed by atoms with van der Waals surface area (Å²) in [5.41, 5.74) is 6.31. The summed E-state index contributed by atoms with van der Waals surface area (Å²) in [5, 5.41) is 2.57. The average molecular weight is 365 g/mol. The van der Waals surface area contributed by atoms with Crippen molar-refractivity contribution in [1.82, 2.24) is 5.32 Å². The molecule has 1 atom stereocenters. The van der Waals surface area contributed by atoms with E-state index in [4.69, 9.17) is 5.73 Å². The molecular formula is C16H14BrFN2O2. The molecule has 2 aromatic carbocycles. The van der Waals surface area contributed by atoms with Crippen molar-refractivity contribution in [3.05, 3.63) is 69.9 Å². The number of rotatable bonds is 5. The van der Waals surface area contributed by atoms with Crippen LogP contribution in [0.2, 0.25) is 0 Å². The van der Waals surface area contributed by atoms with Crippen LogP contribution in [0.25, 0.3) is 0 Å². The van der Waals surface area contributed by atoms with Crippen LogP contribution in [0.3, 0.4) is 0 Å². The molecule has 6 heteroatoms. The van der Waals surface area contributed by atoms with Gasteiger partial charge in [-0.3, -0.25) is 9.59 Å². The van der Waals surface area contributed by atoms with Crippen molar-refractivity contribution in [2.45, 2.75) is 12.5 Å². The highest BCUT2D eigenvalue weighted by atomic mass is 79.9. The standard InChI is InChI=1S/C16H14BrFN2O2/c17-12-5-2-4-11(9-12)16(22)20-14(15(19)21)8-10-3-1-6-13(18)7-10/h1-7,9,14H,8H2,(H2,19,21)(H,20,22)/t14-/m0/s1. The number of benzene rings is 2. The van der Waals surface area contributed by atoms with Crippen LogP contribution in [-0.2, 0) is 11.2 Å². The number of hydrogen-bond acceptors (Lipinski definition) is 2. The van der Waals surface area contributed by atoms with Crippen LogP contribution >= 0.6 is 15.9 Å². The van der Waals surface area contributed by atoms with Gasteiger partial charge in [0.15, 0.2) is 0 Å². The number of nitrogens with two attached hydrogens (primary N) is 1. The van der Waals surface area contributed by atoms with Crippen molar-refractivity contribution in [3.63, 3.8) is 0 Å². The Bertz CT molecular complexity index is 706. The second kappa shape index (κ2) is 7.17. The van der Waals surface area contributed by atoms with Gasteiger partial charge >= 0.3 is 0 Å². The third-order valence-corrected chi connectivity index (χ3v) is 3.56. The van der Waals surface area contributed by atoms with E-state index in [-0.39, 0.29) is 6.42 Å². The van der Waals surface area contributed by atoms with Crippen LogP contribution in [0.1, 0.15) is 15.9 Å². The highest BCUT2D eigenvalue weighted by Gasteiger charge is 2.19. The van der Waals surface area contributed by atoms with E-state index >= 15 is 0 Å². The van der Waals surface area contributed by atoms with Crippen LogP contribution < -0.4 is 11.1 Å². The fraction of sp³-hybridized carbons (Fsp3) is 0.125. The van der Waals surface area contributed by atoms with Gasteiger partial charge in [0, 0.05) is 16.5 Å². The van der Waals surface area contributed by atoms with Crippen molar-refractivity contribution in [2.75, 3.05) is 0 Å². The summed E-state index contributed by atoms with van der Waals surface area (Å²) in [5.74, 6) is -1.49. The van der Waals surface area contributed by atoms with Gasteiger partial charge in [0.1, 0.15) is 11.9 Å². The second-order valence-electron chi connectivity index (χ2n) is 4.77. The number of carbonyl (C=O) groups excluding carboxylic acids is 2. The zero-order valence-electron chi connectivity index (χ0n) is 11.6. The summed E-state index contributed by atoms with van der Waals surface area (Å²) >= 11 is 3.27. The fourth-order valence-electron chi connectivity index (χ4n) is 1.99. The minimum absolute atomic E-state index is 0.132. The smallest absolute Gasteiger partial charge is 0.251 e. The molecule has 0 aromatic heterocycles. The Balaban J connectivity index is 2.12. The van der Waals surface area contributed by atoms with Gasteiger partial charge in [-0.2, -0.15) is 0 Å². The summed E-state index contributed by atoms with van der Waals surface area (Å²) in [6.45, 7) is 0. The Morgan fingerprint density at radius 1 is 1.18 bits per heavy atom. The topological polar surface area (TPSA) is 72.2 Å². The summed E-state index contributed by atoms with van der Waals surface area (Å²) in [6, 6.07) is 11.7. The van der Waals surface area contributed by atoms with Crippen LogP contribution in [0.5, 0.6) is 0 Å². The van der Waals surface area contributed by atoms with Crippen LogP contribution in [-0.4, -0.2) is 17.9 Å². The lowest BCUT2D eigenvalue weighted by Gasteiger charge is -2.16. The summed E-state index contributed by atoms with van der Waals surface area (Å²) in [7, 11) is 0. The molecule has 0 fully saturated rings. The summed E-state index contributed by atoms with van der Waals surface area (Å²) in [4.78, 5) is 23.7. The molecule has 2 amide bonds. The average Bonchev–Trinajstić information content (AvgIpc) is 2.46. The molecule has 0 radical (unpaired) electrons. The molecule has 2 rings (SSSR count). The van der Waals surface area contributed by atoms with Gasteiger partial charge in [0.2, 0.25) is 5.91 Å². The Kier molecular flexibility index (Phi) is 5.27. The van der Waals surface area contributed by atoms with E-state index in [9.17, 15) is 14.0 Å². The molecule has 0 aliphatic carbocycles. The molecule has 4 nitrogen and oxygen atoms in total. The molecule has 0 saturated carbocycles. The number of carbonyl (C=O) groups is 2. The maximum Gasteiger partial charge on any atom is 0.251 e.